The van der Waals surface area contributed by atoms with Gasteiger partial charge in [-0.25, -0.2) is 8.42 Å². The molecule has 29 heavy (non-hydrogen) atoms. The van der Waals surface area contributed by atoms with Crippen LogP contribution in [0.4, 0.5) is 0 Å². The van der Waals surface area contributed by atoms with Crippen molar-refractivity contribution < 1.29 is 27.1 Å². The number of benzene rings is 1. The number of carbonyl (C=O) groups excluding carboxylic acids is 1. The molecule has 0 N–H and O–H groups in total. The summed E-state index contributed by atoms with van der Waals surface area (Å²) in [6.07, 6.45) is 5.54. The average molecular weight is 419 g/mol. The number of likely N-dealkylation sites (tertiary alicyclic amines) is 1. The van der Waals surface area contributed by atoms with Crippen molar-refractivity contribution in [3.05, 3.63) is 54.0 Å². The third kappa shape index (κ3) is 5.20. The van der Waals surface area contributed by atoms with E-state index in [-0.39, 0.29) is 11.7 Å². The van der Waals surface area contributed by atoms with Gasteiger partial charge in [-0.2, -0.15) is 0 Å². The second kappa shape index (κ2) is 9.17. The first-order valence-electron chi connectivity index (χ1n) is 9.36. The van der Waals surface area contributed by atoms with Crippen molar-refractivity contribution in [3.63, 3.8) is 0 Å². The average Bonchev–Trinajstić information content (AvgIpc) is 3.24. The van der Waals surface area contributed by atoms with Crippen LogP contribution in [-0.2, 0) is 20.4 Å². The summed E-state index contributed by atoms with van der Waals surface area (Å²) in [5.41, 5.74) is 0.812. The van der Waals surface area contributed by atoms with Gasteiger partial charge in [-0.05, 0) is 48.7 Å². The molecule has 7 nitrogen and oxygen atoms in total. The van der Waals surface area contributed by atoms with Crippen molar-refractivity contribution in [2.45, 2.75) is 23.8 Å². The van der Waals surface area contributed by atoms with Crippen LogP contribution in [0.15, 0.2) is 47.1 Å². The van der Waals surface area contributed by atoms with E-state index in [9.17, 15) is 13.2 Å². The van der Waals surface area contributed by atoms with E-state index in [1.165, 1.54) is 12.3 Å². The van der Waals surface area contributed by atoms with Crippen LogP contribution in [0.5, 0.6) is 11.5 Å². The predicted octanol–water partition coefficient (Wildman–Crippen LogP) is 2.92. The first-order chi connectivity index (χ1) is 13.9. The maximum atomic E-state index is 12.6. The Morgan fingerprint density at radius 3 is 2.52 bits per heavy atom. The fraction of sp³-hybridized carbons (Fsp3) is 0.381. The van der Waals surface area contributed by atoms with E-state index in [0.29, 0.717) is 43.2 Å². The highest BCUT2D eigenvalue weighted by molar-refractivity contribution is 7.91. The lowest BCUT2D eigenvalue weighted by atomic mass is 10.1. The van der Waals surface area contributed by atoms with Crippen molar-refractivity contribution in [1.82, 2.24) is 4.90 Å². The van der Waals surface area contributed by atoms with Crippen LogP contribution in [0, 0.1) is 0 Å². The molecule has 0 saturated carbocycles. The molecule has 0 aliphatic carbocycles. The maximum Gasteiger partial charge on any atom is 0.246 e. The summed E-state index contributed by atoms with van der Waals surface area (Å²) in [5, 5.41) is -0.452. The molecule has 1 amide bonds. The lowest BCUT2D eigenvalue weighted by Gasteiger charge is -2.31. The highest BCUT2D eigenvalue weighted by Gasteiger charge is 2.31. The Balaban J connectivity index is 1.56. The zero-order chi connectivity index (χ0) is 20.9. The molecule has 1 saturated heterocycles. The SMILES string of the molecule is COc1ccc(/C=C/C(=O)N2CCC(S(=O)(=O)Cc3ccco3)CC2)cc1OC. The van der Waals surface area contributed by atoms with Gasteiger partial charge in [0, 0.05) is 19.2 Å². The Hall–Kier alpha value is -2.74. The van der Waals surface area contributed by atoms with E-state index in [4.69, 9.17) is 13.9 Å². The van der Waals surface area contributed by atoms with Gasteiger partial charge in [0.05, 0.1) is 25.7 Å². The molecule has 0 unspecified atom stereocenters. The fourth-order valence-corrected chi connectivity index (χ4v) is 5.10. The minimum Gasteiger partial charge on any atom is -0.493 e. The molecule has 0 bridgehead atoms. The van der Waals surface area contributed by atoms with Crippen LogP contribution in [0.3, 0.4) is 0 Å². The van der Waals surface area contributed by atoms with Crippen LogP contribution in [0.25, 0.3) is 6.08 Å². The molecule has 0 radical (unpaired) electrons. The van der Waals surface area contributed by atoms with Gasteiger partial charge in [0.15, 0.2) is 21.3 Å². The molecule has 1 aromatic carbocycles. The number of carbonyl (C=O) groups is 1. The van der Waals surface area contributed by atoms with E-state index in [0.717, 1.165) is 5.56 Å². The van der Waals surface area contributed by atoms with Crippen molar-refractivity contribution >= 4 is 21.8 Å². The molecular weight excluding hydrogens is 394 g/mol. The van der Waals surface area contributed by atoms with E-state index in [2.05, 4.69) is 0 Å². The zero-order valence-electron chi connectivity index (χ0n) is 16.5. The third-order valence-electron chi connectivity index (χ3n) is 5.01. The van der Waals surface area contributed by atoms with Gasteiger partial charge >= 0.3 is 0 Å². The number of piperidine rings is 1. The Morgan fingerprint density at radius 2 is 1.90 bits per heavy atom. The number of ether oxygens (including phenoxy) is 2. The van der Waals surface area contributed by atoms with Crippen molar-refractivity contribution in [2.75, 3.05) is 27.3 Å². The molecule has 0 spiro atoms. The molecular formula is C21H25NO6S. The lowest BCUT2D eigenvalue weighted by Crippen LogP contribution is -2.42. The number of furan rings is 1. The smallest absolute Gasteiger partial charge is 0.246 e. The van der Waals surface area contributed by atoms with Crippen molar-refractivity contribution in [3.8, 4) is 11.5 Å². The van der Waals surface area contributed by atoms with E-state index in [1.54, 1.807) is 49.5 Å². The lowest BCUT2D eigenvalue weighted by molar-refractivity contribution is -0.126. The molecule has 2 heterocycles. The fourth-order valence-electron chi connectivity index (χ4n) is 3.38. The van der Waals surface area contributed by atoms with Gasteiger partial charge in [-0.3, -0.25) is 4.79 Å². The van der Waals surface area contributed by atoms with Gasteiger partial charge < -0.3 is 18.8 Å². The molecule has 1 aliphatic heterocycles. The molecule has 2 aromatic rings. The quantitative estimate of drug-likeness (QED) is 0.642. The van der Waals surface area contributed by atoms with Crippen LogP contribution < -0.4 is 9.47 Å². The topological polar surface area (TPSA) is 86.0 Å². The number of hydrogen-bond donors (Lipinski definition) is 0. The molecule has 3 rings (SSSR count). The number of nitrogens with zero attached hydrogens (tertiary/aromatic N) is 1. The summed E-state index contributed by atoms with van der Waals surface area (Å²) >= 11 is 0. The minimum absolute atomic E-state index is 0.0994. The Labute approximate surface area is 170 Å². The molecule has 1 aliphatic rings. The maximum absolute atomic E-state index is 12.6. The Morgan fingerprint density at radius 1 is 1.17 bits per heavy atom. The second-order valence-electron chi connectivity index (χ2n) is 6.86. The molecule has 8 heteroatoms. The Kier molecular flexibility index (Phi) is 6.64. The Bertz CT molecular complexity index is 957. The van der Waals surface area contributed by atoms with Gasteiger partial charge in [0.25, 0.3) is 0 Å². The van der Waals surface area contributed by atoms with Crippen molar-refractivity contribution in [1.29, 1.82) is 0 Å². The summed E-state index contributed by atoms with van der Waals surface area (Å²) in [4.78, 5) is 14.2. The summed E-state index contributed by atoms with van der Waals surface area (Å²) in [6, 6.07) is 8.74. The molecule has 1 aromatic heterocycles. The van der Waals surface area contributed by atoms with E-state index < -0.39 is 15.1 Å². The third-order valence-corrected chi connectivity index (χ3v) is 7.19. The molecule has 156 valence electrons. The predicted molar refractivity (Wildman–Crippen MR) is 110 cm³/mol. The number of rotatable bonds is 7. The van der Waals surface area contributed by atoms with Crippen LogP contribution in [-0.4, -0.2) is 51.8 Å². The summed E-state index contributed by atoms with van der Waals surface area (Å²) in [5.74, 6) is 1.42. The van der Waals surface area contributed by atoms with E-state index in [1.807, 2.05) is 6.07 Å². The first-order valence-corrected chi connectivity index (χ1v) is 11.1. The largest absolute Gasteiger partial charge is 0.493 e. The van der Waals surface area contributed by atoms with Crippen LogP contribution >= 0.6 is 0 Å². The van der Waals surface area contributed by atoms with Crippen LogP contribution in [0.2, 0.25) is 0 Å². The first kappa shape index (κ1) is 21.0. The van der Waals surface area contributed by atoms with Gasteiger partial charge in [-0.1, -0.05) is 6.07 Å². The van der Waals surface area contributed by atoms with Gasteiger partial charge in [0.1, 0.15) is 11.5 Å². The number of methoxy groups -OCH3 is 2. The molecule has 0 atom stereocenters. The number of hydrogen-bond acceptors (Lipinski definition) is 6. The van der Waals surface area contributed by atoms with Gasteiger partial charge in [0.2, 0.25) is 5.91 Å². The summed E-state index contributed by atoms with van der Waals surface area (Å²) in [7, 11) is -0.180. The second-order valence-corrected chi connectivity index (χ2v) is 9.14. The summed E-state index contributed by atoms with van der Waals surface area (Å²) < 4.78 is 40.7. The van der Waals surface area contributed by atoms with Gasteiger partial charge in [-0.15, -0.1) is 0 Å². The standard InChI is InChI=1S/C21H25NO6S/c1-26-19-7-5-16(14-20(19)27-2)6-8-21(23)22-11-9-18(10-12-22)29(24,25)15-17-4-3-13-28-17/h3-8,13-14,18H,9-12,15H2,1-2H3/b8-6+. The normalized spacial score (nSPS) is 15.6. The highest BCUT2D eigenvalue weighted by Crippen LogP contribution is 2.28. The van der Waals surface area contributed by atoms with E-state index >= 15 is 0 Å². The number of sulfone groups is 1. The number of amides is 1. The monoisotopic (exact) mass is 419 g/mol. The summed E-state index contributed by atoms with van der Waals surface area (Å²) in [6.45, 7) is 0.828. The zero-order valence-corrected chi connectivity index (χ0v) is 17.4. The van der Waals surface area contributed by atoms with Crippen molar-refractivity contribution in [2.24, 2.45) is 0 Å². The minimum atomic E-state index is -3.30. The highest BCUT2D eigenvalue weighted by atomic mass is 32.2. The molecule has 1 fully saturated rings. The van der Waals surface area contributed by atoms with Crippen LogP contribution in [0.1, 0.15) is 24.2 Å².